The molecule has 2 aliphatic rings. The van der Waals surface area contributed by atoms with Crippen LogP contribution >= 0.6 is 11.6 Å². The van der Waals surface area contributed by atoms with Crippen LogP contribution in [0.15, 0.2) is 66.9 Å². The Hall–Kier alpha value is -2.93. The van der Waals surface area contributed by atoms with Crippen LogP contribution in [0.25, 0.3) is 0 Å². The number of ether oxygens (including phenoxy) is 1. The van der Waals surface area contributed by atoms with Gasteiger partial charge in [0.05, 0.1) is 10.9 Å². The second kappa shape index (κ2) is 6.79. The molecule has 0 bridgehead atoms. The zero-order valence-electron chi connectivity index (χ0n) is 16.6. The fraction of sp³-hybridized carbons (Fsp3) is 0.250. The van der Waals surface area contributed by atoms with Crippen molar-refractivity contribution in [2.75, 3.05) is 0 Å². The van der Waals surface area contributed by atoms with E-state index >= 15 is 0 Å². The maximum Gasteiger partial charge on any atom is 0.310 e. The summed E-state index contributed by atoms with van der Waals surface area (Å²) >= 11 is 6.13. The molecule has 2 heterocycles. The number of hydrogen-bond acceptors (Lipinski definition) is 5. The summed E-state index contributed by atoms with van der Waals surface area (Å²) in [5.74, 6) is -3.24. The molecule has 0 saturated heterocycles. The molecule has 1 fully saturated rings. The first-order chi connectivity index (χ1) is 14.8. The number of aromatic nitrogens is 1. The van der Waals surface area contributed by atoms with Crippen molar-refractivity contribution in [1.29, 1.82) is 0 Å². The largest absolute Gasteiger partial charge is 0.481 e. The van der Waals surface area contributed by atoms with E-state index in [1.165, 1.54) is 12.3 Å². The number of halogens is 1. The van der Waals surface area contributed by atoms with Gasteiger partial charge in [0.15, 0.2) is 11.2 Å². The van der Waals surface area contributed by atoms with E-state index in [-0.39, 0.29) is 11.4 Å². The maximum absolute atomic E-state index is 12.4. The van der Waals surface area contributed by atoms with Crippen LogP contribution in [0.4, 0.5) is 0 Å². The highest BCUT2D eigenvalue weighted by Crippen LogP contribution is 2.68. The lowest BCUT2D eigenvalue weighted by Crippen LogP contribution is -2.52. The minimum atomic E-state index is -2.11. The topological polar surface area (TPSA) is 99.9 Å². The van der Waals surface area contributed by atoms with E-state index in [2.05, 4.69) is 4.98 Å². The first-order valence-electron chi connectivity index (χ1n) is 9.91. The molecule has 1 aliphatic carbocycles. The van der Waals surface area contributed by atoms with Gasteiger partial charge in [-0.25, -0.2) is 0 Å². The number of carbonyl (C=O) groups is 1. The number of aryl methyl sites for hydroxylation is 1. The SMILES string of the molecule is Cc1ccc([C@@]23Oc4cc(Cl)cnc4[C@]2(O)[C@H](O)[C@H](C(=O)O)[C@H]3c2ccccc2)cc1. The zero-order chi connectivity index (χ0) is 22.0. The average Bonchev–Trinajstić information content (AvgIpc) is 3.12. The van der Waals surface area contributed by atoms with Crippen LogP contribution in [0.3, 0.4) is 0 Å². The molecule has 1 aliphatic heterocycles. The van der Waals surface area contributed by atoms with Crippen molar-refractivity contribution in [2.45, 2.75) is 30.1 Å². The van der Waals surface area contributed by atoms with Gasteiger partial charge in [-0.15, -0.1) is 0 Å². The summed E-state index contributed by atoms with van der Waals surface area (Å²) in [6.07, 6.45) is -0.322. The summed E-state index contributed by atoms with van der Waals surface area (Å²) in [5, 5.41) is 33.9. The molecule has 31 heavy (non-hydrogen) atoms. The number of carboxylic acids is 1. The molecule has 0 spiro atoms. The molecule has 1 saturated carbocycles. The monoisotopic (exact) mass is 437 g/mol. The molecule has 5 rings (SSSR count). The van der Waals surface area contributed by atoms with Crippen LogP contribution in [0.1, 0.15) is 28.3 Å². The number of aliphatic carboxylic acids is 1. The molecule has 5 atom stereocenters. The molecule has 2 aromatic carbocycles. The maximum atomic E-state index is 12.4. The smallest absolute Gasteiger partial charge is 0.310 e. The van der Waals surface area contributed by atoms with E-state index < -0.39 is 35.1 Å². The summed E-state index contributed by atoms with van der Waals surface area (Å²) in [7, 11) is 0. The van der Waals surface area contributed by atoms with Crippen LogP contribution < -0.4 is 4.74 Å². The summed E-state index contributed by atoms with van der Waals surface area (Å²) in [4.78, 5) is 16.7. The molecule has 0 unspecified atom stereocenters. The Morgan fingerprint density at radius 3 is 2.45 bits per heavy atom. The van der Waals surface area contributed by atoms with Crippen LogP contribution in [0, 0.1) is 12.8 Å². The minimum absolute atomic E-state index is 0.0784. The number of aliphatic hydroxyl groups excluding tert-OH is 1. The third kappa shape index (κ3) is 2.53. The summed E-state index contributed by atoms with van der Waals surface area (Å²) in [6, 6.07) is 17.8. The fourth-order valence-electron chi connectivity index (χ4n) is 5.21. The summed E-state index contributed by atoms with van der Waals surface area (Å²) in [6.45, 7) is 1.93. The van der Waals surface area contributed by atoms with Gasteiger partial charge in [0.1, 0.15) is 17.5 Å². The predicted octanol–water partition coefficient (Wildman–Crippen LogP) is 3.38. The van der Waals surface area contributed by atoms with E-state index in [9.17, 15) is 20.1 Å². The first kappa shape index (κ1) is 20.0. The van der Waals surface area contributed by atoms with E-state index in [4.69, 9.17) is 16.3 Å². The highest BCUT2D eigenvalue weighted by Gasteiger charge is 2.78. The minimum Gasteiger partial charge on any atom is -0.481 e. The second-order valence-electron chi connectivity index (χ2n) is 8.17. The zero-order valence-corrected chi connectivity index (χ0v) is 17.3. The molecule has 3 aromatic rings. The quantitative estimate of drug-likeness (QED) is 0.581. The normalized spacial score (nSPS) is 31.0. The van der Waals surface area contributed by atoms with Crippen LogP contribution in [-0.4, -0.2) is 32.4 Å². The molecular weight excluding hydrogens is 418 g/mol. The number of benzene rings is 2. The lowest BCUT2D eigenvalue weighted by molar-refractivity contribution is -0.160. The summed E-state index contributed by atoms with van der Waals surface area (Å²) in [5.41, 5.74) is -1.48. The lowest BCUT2D eigenvalue weighted by atomic mass is 9.71. The van der Waals surface area contributed by atoms with E-state index in [0.717, 1.165) is 5.56 Å². The van der Waals surface area contributed by atoms with Gasteiger partial charge in [-0.1, -0.05) is 71.8 Å². The van der Waals surface area contributed by atoms with Gasteiger partial charge in [0.2, 0.25) is 0 Å². The van der Waals surface area contributed by atoms with E-state index in [1.54, 1.807) is 36.4 Å². The van der Waals surface area contributed by atoms with Crippen LogP contribution in [0.2, 0.25) is 5.02 Å². The Labute approximate surface area is 183 Å². The third-order valence-corrected chi connectivity index (χ3v) is 6.71. The standard InChI is InChI=1S/C24H20ClNO5/c1-13-7-9-15(10-8-13)24-19(14-5-3-2-4-6-14)18(22(28)29)21(27)23(24,30)20-17(31-24)11-16(25)12-26-20/h2-12,18-19,21,27,30H,1H3,(H,28,29)/t18-,19-,21-,23+,24+/m1/s1. The van der Waals surface area contributed by atoms with Gasteiger partial charge < -0.3 is 20.1 Å². The number of aliphatic hydroxyl groups is 2. The van der Waals surface area contributed by atoms with Crippen molar-refractivity contribution >= 4 is 17.6 Å². The third-order valence-electron chi connectivity index (χ3n) is 6.51. The Kier molecular flexibility index (Phi) is 4.38. The Bertz CT molecular complexity index is 1170. The Morgan fingerprint density at radius 2 is 1.81 bits per heavy atom. The predicted molar refractivity (Wildman–Crippen MR) is 113 cm³/mol. The molecule has 7 heteroatoms. The van der Waals surface area contributed by atoms with Gasteiger partial charge in [0.25, 0.3) is 0 Å². The number of rotatable bonds is 3. The Morgan fingerprint density at radius 1 is 1.13 bits per heavy atom. The number of nitrogens with zero attached hydrogens (tertiary/aromatic N) is 1. The molecule has 0 radical (unpaired) electrons. The number of fused-ring (bicyclic) bond motifs is 3. The van der Waals surface area contributed by atoms with Gasteiger partial charge in [-0.05, 0) is 18.1 Å². The van der Waals surface area contributed by atoms with Crippen molar-refractivity contribution in [1.82, 2.24) is 4.98 Å². The van der Waals surface area contributed by atoms with Crippen LogP contribution in [0.5, 0.6) is 5.75 Å². The van der Waals surface area contributed by atoms with E-state index in [1.807, 2.05) is 25.1 Å². The van der Waals surface area contributed by atoms with Crippen molar-refractivity contribution in [2.24, 2.45) is 5.92 Å². The van der Waals surface area contributed by atoms with Gasteiger partial charge in [-0.2, -0.15) is 0 Å². The van der Waals surface area contributed by atoms with Gasteiger partial charge >= 0.3 is 5.97 Å². The number of carboxylic acid groups (broad SMARTS) is 1. The summed E-state index contributed by atoms with van der Waals surface area (Å²) < 4.78 is 6.43. The number of pyridine rings is 1. The van der Waals surface area contributed by atoms with Crippen molar-refractivity contribution in [3.05, 3.63) is 94.3 Å². The Balaban J connectivity index is 1.87. The molecule has 6 nitrogen and oxygen atoms in total. The molecule has 158 valence electrons. The first-order valence-corrected chi connectivity index (χ1v) is 10.3. The highest BCUT2D eigenvalue weighted by atomic mass is 35.5. The highest BCUT2D eigenvalue weighted by molar-refractivity contribution is 6.30. The van der Waals surface area contributed by atoms with Gasteiger partial charge in [0, 0.05) is 18.2 Å². The fourth-order valence-corrected chi connectivity index (χ4v) is 5.35. The second-order valence-corrected chi connectivity index (χ2v) is 8.60. The van der Waals surface area contributed by atoms with Crippen molar-refractivity contribution < 1.29 is 24.9 Å². The lowest BCUT2D eigenvalue weighted by Gasteiger charge is -2.40. The molecule has 1 aromatic heterocycles. The van der Waals surface area contributed by atoms with Crippen molar-refractivity contribution in [3.63, 3.8) is 0 Å². The van der Waals surface area contributed by atoms with Crippen molar-refractivity contribution in [3.8, 4) is 5.75 Å². The molecular formula is C24H20ClNO5. The molecule has 3 N–H and O–H groups in total. The van der Waals surface area contributed by atoms with Crippen LogP contribution in [-0.2, 0) is 16.0 Å². The average molecular weight is 438 g/mol. The van der Waals surface area contributed by atoms with E-state index in [0.29, 0.717) is 16.1 Å². The van der Waals surface area contributed by atoms with Gasteiger partial charge in [-0.3, -0.25) is 9.78 Å². The molecule has 0 amide bonds. The number of hydrogen-bond donors (Lipinski definition) is 3.